The fourth-order valence-electron chi connectivity index (χ4n) is 4.04. The summed E-state index contributed by atoms with van der Waals surface area (Å²) >= 11 is 6.30. The van der Waals surface area contributed by atoms with Crippen molar-refractivity contribution in [1.29, 1.82) is 0 Å². The number of benzene rings is 3. The fraction of sp³-hybridized carbons (Fsp3) is 0.231. The smallest absolute Gasteiger partial charge is 0.254 e. The molecule has 1 N–H and O–H groups in total. The highest BCUT2D eigenvalue weighted by Gasteiger charge is 2.37. The van der Waals surface area contributed by atoms with E-state index in [1.807, 2.05) is 79.7 Å². The molecule has 4 nitrogen and oxygen atoms in total. The third-order valence-corrected chi connectivity index (χ3v) is 6.02. The minimum Gasteiger partial charge on any atom is -0.390 e. The number of benzodiazepines with no additional fused rings is 1. The molecule has 158 valence electrons. The Balaban J connectivity index is 1.77. The quantitative estimate of drug-likeness (QED) is 0.631. The number of anilines is 1. The van der Waals surface area contributed by atoms with E-state index >= 15 is 0 Å². The van der Waals surface area contributed by atoms with Crippen LogP contribution in [-0.2, 0) is 11.2 Å². The Morgan fingerprint density at radius 2 is 1.68 bits per heavy atom. The van der Waals surface area contributed by atoms with Crippen molar-refractivity contribution in [2.24, 2.45) is 10.9 Å². The van der Waals surface area contributed by atoms with Crippen molar-refractivity contribution in [3.8, 4) is 0 Å². The number of rotatable bonds is 5. The van der Waals surface area contributed by atoms with Crippen LogP contribution in [0, 0.1) is 5.92 Å². The molecule has 1 amide bonds. The van der Waals surface area contributed by atoms with Crippen LogP contribution in [0.1, 0.15) is 23.6 Å². The van der Waals surface area contributed by atoms with E-state index in [2.05, 4.69) is 0 Å². The number of amides is 1. The maximum atomic E-state index is 13.4. The zero-order chi connectivity index (χ0) is 22.0. The van der Waals surface area contributed by atoms with Crippen LogP contribution in [0.25, 0.3) is 0 Å². The van der Waals surface area contributed by atoms with Crippen molar-refractivity contribution >= 4 is 28.9 Å². The highest BCUT2D eigenvalue weighted by molar-refractivity contribution is 6.32. The van der Waals surface area contributed by atoms with E-state index in [4.69, 9.17) is 16.6 Å². The number of aliphatic hydroxyl groups is 1. The van der Waals surface area contributed by atoms with Crippen molar-refractivity contribution in [1.82, 2.24) is 0 Å². The van der Waals surface area contributed by atoms with Gasteiger partial charge in [-0.3, -0.25) is 9.79 Å². The van der Waals surface area contributed by atoms with Crippen molar-refractivity contribution < 1.29 is 9.90 Å². The molecule has 3 aromatic carbocycles. The number of carbonyl (C=O) groups is 1. The molecular weight excluding hydrogens is 408 g/mol. The van der Waals surface area contributed by atoms with Gasteiger partial charge in [-0.05, 0) is 36.1 Å². The molecule has 5 heteroatoms. The third kappa shape index (κ3) is 4.41. The largest absolute Gasteiger partial charge is 0.390 e. The second kappa shape index (κ2) is 9.04. The van der Waals surface area contributed by atoms with Crippen LogP contribution in [-0.4, -0.2) is 35.9 Å². The van der Waals surface area contributed by atoms with E-state index in [0.717, 1.165) is 22.4 Å². The highest BCUT2D eigenvalue weighted by atomic mass is 35.5. The summed E-state index contributed by atoms with van der Waals surface area (Å²) < 4.78 is 0. The Bertz CT molecular complexity index is 1100. The van der Waals surface area contributed by atoms with Gasteiger partial charge in [-0.25, -0.2) is 0 Å². The summed E-state index contributed by atoms with van der Waals surface area (Å²) in [4.78, 5) is 19.8. The van der Waals surface area contributed by atoms with Crippen molar-refractivity contribution in [3.63, 3.8) is 0 Å². The number of halogens is 1. The van der Waals surface area contributed by atoms with Crippen molar-refractivity contribution in [3.05, 3.63) is 101 Å². The average Bonchev–Trinajstić information content (AvgIpc) is 2.89. The number of likely N-dealkylation sites (N-methyl/N-ethyl adjacent to an activating group) is 1. The standard InChI is InChI=1S/C26H25ClN2O2/c1-17(15-18-9-5-3-6-10-18)25(30)24-26(31)29(2)22-14-13-20(27)16-21(22)23(28-24)19-11-7-4-8-12-19/h3-14,16-17,24-25,30H,15H2,1-2H3/t17-,24-,25+/m0/s1. The maximum Gasteiger partial charge on any atom is 0.254 e. The number of hydrogen-bond acceptors (Lipinski definition) is 3. The second-order valence-corrected chi connectivity index (χ2v) is 8.44. The summed E-state index contributed by atoms with van der Waals surface area (Å²) in [5, 5.41) is 11.8. The van der Waals surface area contributed by atoms with Crippen LogP contribution in [0.2, 0.25) is 5.02 Å². The molecule has 3 atom stereocenters. The molecule has 1 aliphatic rings. The zero-order valence-electron chi connectivity index (χ0n) is 17.6. The van der Waals surface area contributed by atoms with Gasteiger partial charge in [0.25, 0.3) is 5.91 Å². The molecule has 1 aliphatic heterocycles. The molecule has 0 unspecified atom stereocenters. The molecular formula is C26H25ClN2O2. The Morgan fingerprint density at radius 3 is 2.35 bits per heavy atom. The van der Waals surface area contributed by atoms with Crippen molar-refractivity contribution in [2.75, 3.05) is 11.9 Å². The fourth-order valence-corrected chi connectivity index (χ4v) is 4.21. The third-order valence-electron chi connectivity index (χ3n) is 5.78. The minimum absolute atomic E-state index is 0.157. The lowest BCUT2D eigenvalue weighted by Crippen LogP contribution is -2.44. The summed E-state index contributed by atoms with van der Waals surface area (Å²) in [5.74, 6) is -0.391. The van der Waals surface area contributed by atoms with E-state index in [-0.39, 0.29) is 11.8 Å². The number of aliphatic imine (C=N–C) groups is 1. The predicted molar refractivity (Wildman–Crippen MR) is 126 cm³/mol. The van der Waals surface area contributed by atoms with Gasteiger partial charge in [0.2, 0.25) is 0 Å². The highest BCUT2D eigenvalue weighted by Crippen LogP contribution is 2.32. The molecule has 0 saturated heterocycles. The summed E-state index contributed by atoms with van der Waals surface area (Å²) in [6.07, 6.45) is -0.275. The van der Waals surface area contributed by atoms with Gasteiger partial charge in [0, 0.05) is 23.2 Å². The predicted octanol–water partition coefficient (Wildman–Crippen LogP) is 4.76. The van der Waals surface area contributed by atoms with E-state index in [0.29, 0.717) is 17.2 Å². The Kier molecular flexibility index (Phi) is 6.21. The second-order valence-electron chi connectivity index (χ2n) is 8.00. The summed E-state index contributed by atoms with van der Waals surface area (Å²) in [6, 6.07) is 24.2. The maximum absolute atomic E-state index is 13.4. The van der Waals surface area contributed by atoms with Crippen LogP contribution in [0.4, 0.5) is 5.69 Å². The molecule has 0 saturated carbocycles. The van der Waals surface area contributed by atoms with Gasteiger partial charge in [0.1, 0.15) is 0 Å². The van der Waals surface area contributed by atoms with Gasteiger partial charge < -0.3 is 10.0 Å². The Morgan fingerprint density at radius 1 is 1.03 bits per heavy atom. The molecule has 31 heavy (non-hydrogen) atoms. The number of hydrogen-bond donors (Lipinski definition) is 1. The molecule has 0 bridgehead atoms. The van der Waals surface area contributed by atoms with Gasteiger partial charge in [0.15, 0.2) is 6.04 Å². The van der Waals surface area contributed by atoms with E-state index in [1.165, 1.54) is 0 Å². The molecule has 0 aliphatic carbocycles. The first-order valence-corrected chi connectivity index (χ1v) is 10.8. The Labute approximate surface area is 187 Å². The monoisotopic (exact) mass is 432 g/mol. The first-order valence-electron chi connectivity index (χ1n) is 10.4. The first kappa shape index (κ1) is 21.3. The number of aliphatic hydroxyl groups excluding tert-OH is 1. The molecule has 0 radical (unpaired) electrons. The van der Waals surface area contributed by atoms with Gasteiger partial charge in [-0.2, -0.15) is 0 Å². The summed E-state index contributed by atoms with van der Waals surface area (Å²) in [5.41, 5.74) is 4.15. The lowest BCUT2D eigenvalue weighted by Gasteiger charge is -2.27. The van der Waals surface area contributed by atoms with E-state index in [1.54, 1.807) is 18.0 Å². The van der Waals surface area contributed by atoms with Crippen LogP contribution in [0.15, 0.2) is 83.9 Å². The van der Waals surface area contributed by atoms with Gasteiger partial charge in [-0.15, -0.1) is 0 Å². The lowest BCUT2D eigenvalue weighted by molar-refractivity contribution is -0.122. The number of fused-ring (bicyclic) bond motifs is 1. The summed E-state index contributed by atoms with van der Waals surface area (Å²) in [7, 11) is 1.72. The first-order chi connectivity index (χ1) is 15.0. The minimum atomic E-state index is -0.932. The van der Waals surface area contributed by atoms with Crippen LogP contribution in [0.5, 0.6) is 0 Å². The van der Waals surface area contributed by atoms with Gasteiger partial charge in [-0.1, -0.05) is 79.2 Å². The SMILES string of the molecule is C[C@@H](Cc1ccccc1)[C@@H](O)[C@@H]1N=C(c2ccccc2)c2cc(Cl)ccc2N(C)C1=O. The summed E-state index contributed by atoms with van der Waals surface area (Å²) in [6.45, 7) is 1.96. The topological polar surface area (TPSA) is 52.9 Å². The number of carbonyl (C=O) groups excluding carboxylic acids is 1. The average molecular weight is 433 g/mol. The van der Waals surface area contributed by atoms with Crippen LogP contribution < -0.4 is 4.90 Å². The normalized spacial score (nSPS) is 18.1. The molecule has 4 rings (SSSR count). The Hall–Kier alpha value is -2.95. The van der Waals surface area contributed by atoms with E-state index < -0.39 is 12.1 Å². The van der Waals surface area contributed by atoms with Crippen LogP contribution in [0.3, 0.4) is 0 Å². The van der Waals surface area contributed by atoms with E-state index in [9.17, 15) is 9.90 Å². The van der Waals surface area contributed by atoms with Gasteiger partial charge >= 0.3 is 0 Å². The van der Waals surface area contributed by atoms with Crippen molar-refractivity contribution in [2.45, 2.75) is 25.5 Å². The molecule has 0 fully saturated rings. The van der Waals surface area contributed by atoms with Crippen LogP contribution >= 0.6 is 11.6 Å². The molecule has 0 aromatic heterocycles. The molecule has 0 spiro atoms. The zero-order valence-corrected chi connectivity index (χ0v) is 18.3. The lowest BCUT2D eigenvalue weighted by atomic mass is 9.91. The molecule has 1 heterocycles. The number of nitrogens with zero attached hydrogens (tertiary/aromatic N) is 2. The van der Waals surface area contributed by atoms with Gasteiger partial charge in [0.05, 0.1) is 17.5 Å². The molecule has 3 aromatic rings.